The summed E-state index contributed by atoms with van der Waals surface area (Å²) in [5, 5.41) is 3.81. The molecule has 3 aromatic rings. The minimum atomic E-state index is -0.268. The molecule has 0 atom stereocenters. The van der Waals surface area contributed by atoms with Crippen molar-refractivity contribution >= 4 is 23.4 Å². The molecule has 1 aromatic heterocycles. The fourth-order valence-corrected chi connectivity index (χ4v) is 4.35. The minimum Gasteiger partial charge on any atom is -0.370 e. The van der Waals surface area contributed by atoms with Crippen molar-refractivity contribution in [3.63, 3.8) is 0 Å². The molecule has 0 unspecified atom stereocenters. The van der Waals surface area contributed by atoms with Crippen LogP contribution < -0.4 is 5.32 Å². The van der Waals surface area contributed by atoms with Crippen molar-refractivity contribution in [2.24, 2.45) is 0 Å². The van der Waals surface area contributed by atoms with E-state index in [9.17, 15) is 4.79 Å². The van der Waals surface area contributed by atoms with Crippen LogP contribution in [0.2, 0.25) is 0 Å². The van der Waals surface area contributed by atoms with Gasteiger partial charge in [-0.2, -0.15) is 0 Å². The topological polar surface area (TPSA) is 64.1 Å². The number of aryl methyl sites for hydroxylation is 2. The number of rotatable bonds is 5. The molecule has 0 spiro atoms. The first-order valence-electron chi connectivity index (χ1n) is 10.4. The van der Waals surface area contributed by atoms with E-state index in [1.54, 1.807) is 0 Å². The lowest BCUT2D eigenvalue weighted by atomic mass is 9.96. The molecular formula is C25H27N3O2S. The molecule has 1 aliphatic heterocycles. The van der Waals surface area contributed by atoms with Crippen LogP contribution in [-0.4, -0.2) is 27.2 Å². The third kappa shape index (κ3) is 5.14. The van der Waals surface area contributed by atoms with E-state index in [0.717, 1.165) is 33.1 Å². The minimum absolute atomic E-state index is 0.0550. The van der Waals surface area contributed by atoms with Crippen LogP contribution in [0.25, 0.3) is 11.4 Å². The summed E-state index contributed by atoms with van der Waals surface area (Å²) in [6, 6.07) is 16.0. The normalized spacial score (nSPS) is 14.7. The average Bonchev–Trinajstić information content (AvgIpc) is 2.73. The molecule has 0 fully saturated rings. The quantitative estimate of drug-likeness (QED) is 0.434. The summed E-state index contributed by atoms with van der Waals surface area (Å²) in [6.45, 7) is 8.65. The number of benzene rings is 2. The number of nitrogens with zero attached hydrogens (tertiary/aromatic N) is 2. The standard InChI is InChI=1S/C25H27N3O2S/c1-16-9-11-18(12-10-16)23-27-21-13-25(3,4)30-14-19(21)24(28-23)31-15-22(29)26-20-8-6-5-7-17(20)2/h5-12H,13-15H2,1-4H3,(H,26,29). The molecular weight excluding hydrogens is 406 g/mol. The van der Waals surface area contributed by atoms with E-state index >= 15 is 0 Å². The fraction of sp³-hybridized carbons (Fsp3) is 0.320. The number of nitrogens with one attached hydrogen (secondary N) is 1. The molecule has 1 amide bonds. The first-order valence-corrected chi connectivity index (χ1v) is 11.4. The van der Waals surface area contributed by atoms with Crippen molar-refractivity contribution in [2.45, 2.75) is 51.3 Å². The van der Waals surface area contributed by atoms with E-state index in [4.69, 9.17) is 14.7 Å². The van der Waals surface area contributed by atoms with E-state index in [1.807, 2.05) is 43.3 Å². The SMILES string of the molecule is Cc1ccc(-c2nc3c(c(SCC(=O)Nc4ccccc4C)n2)COC(C)(C)C3)cc1. The Morgan fingerprint density at radius 1 is 1.10 bits per heavy atom. The Kier molecular flexibility index (Phi) is 6.12. The highest BCUT2D eigenvalue weighted by Gasteiger charge is 2.30. The zero-order valence-electron chi connectivity index (χ0n) is 18.4. The number of hydrogen-bond donors (Lipinski definition) is 1. The highest BCUT2D eigenvalue weighted by molar-refractivity contribution is 8.00. The van der Waals surface area contributed by atoms with Gasteiger partial charge in [0.05, 0.1) is 23.7 Å². The summed E-state index contributed by atoms with van der Waals surface area (Å²) in [7, 11) is 0. The van der Waals surface area contributed by atoms with Gasteiger partial charge in [0, 0.05) is 23.2 Å². The molecule has 1 aliphatic rings. The number of ether oxygens (including phenoxy) is 1. The summed E-state index contributed by atoms with van der Waals surface area (Å²) in [5.41, 5.74) is 5.77. The second-order valence-corrected chi connectivity index (χ2v) is 9.48. The highest BCUT2D eigenvalue weighted by Crippen LogP contribution is 2.34. The van der Waals surface area contributed by atoms with Gasteiger partial charge in [-0.25, -0.2) is 9.97 Å². The maximum absolute atomic E-state index is 12.6. The van der Waals surface area contributed by atoms with Crippen molar-refractivity contribution < 1.29 is 9.53 Å². The summed E-state index contributed by atoms with van der Waals surface area (Å²) in [4.78, 5) is 22.3. The van der Waals surface area contributed by atoms with Gasteiger partial charge in [0.25, 0.3) is 0 Å². The number of fused-ring (bicyclic) bond motifs is 1. The van der Waals surface area contributed by atoms with Gasteiger partial charge in [0.2, 0.25) is 5.91 Å². The summed E-state index contributed by atoms with van der Waals surface area (Å²) in [6.07, 6.45) is 0.715. The molecule has 160 valence electrons. The molecule has 0 saturated carbocycles. The van der Waals surface area contributed by atoms with Gasteiger partial charge in [-0.1, -0.05) is 59.8 Å². The maximum Gasteiger partial charge on any atom is 0.234 e. The van der Waals surface area contributed by atoms with Gasteiger partial charge in [0.15, 0.2) is 5.82 Å². The van der Waals surface area contributed by atoms with E-state index in [0.29, 0.717) is 18.9 Å². The molecule has 5 nitrogen and oxygen atoms in total. The number of carbonyl (C=O) groups excluding carboxylic acids is 1. The van der Waals surface area contributed by atoms with Crippen LogP contribution in [0.3, 0.4) is 0 Å². The van der Waals surface area contributed by atoms with Crippen LogP contribution in [0.4, 0.5) is 5.69 Å². The average molecular weight is 434 g/mol. The van der Waals surface area contributed by atoms with Crippen LogP contribution >= 0.6 is 11.8 Å². The molecule has 31 heavy (non-hydrogen) atoms. The number of amides is 1. The van der Waals surface area contributed by atoms with E-state index < -0.39 is 0 Å². The van der Waals surface area contributed by atoms with Gasteiger partial charge in [-0.15, -0.1) is 0 Å². The molecule has 0 bridgehead atoms. The Hall–Kier alpha value is -2.70. The van der Waals surface area contributed by atoms with Crippen LogP contribution in [0.15, 0.2) is 53.6 Å². The Morgan fingerprint density at radius 3 is 2.58 bits per heavy atom. The first-order chi connectivity index (χ1) is 14.8. The smallest absolute Gasteiger partial charge is 0.234 e. The maximum atomic E-state index is 12.6. The second-order valence-electron chi connectivity index (χ2n) is 8.52. The van der Waals surface area contributed by atoms with E-state index in [-0.39, 0.29) is 17.3 Å². The molecule has 2 heterocycles. The molecule has 1 N–H and O–H groups in total. The van der Waals surface area contributed by atoms with Crippen molar-refractivity contribution in [3.05, 3.63) is 70.9 Å². The third-order valence-electron chi connectivity index (χ3n) is 5.32. The molecule has 0 radical (unpaired) electrons. The predicted molar refractivity (Wildman–Crippen MR) is 125 cm³/mol. The Labute approximate surface area is 187 Å². The van der Waals surface area contributed by atoms with Crippen LogP contribution in [0, 0.1) is 13.8 Å². The number of thioether (sulfide) groups is 1. The summed E-state index contributed by atoms with van der Waals surface area (Å²) < 4.78 is 6.02. The lowest BCUT2D eigenvalue weighted by Crippen LogP contribution is -2.33. The summed E-state index contributed by atoms with van der Waals surface area (Å²) in [5.74, 6) is 0.910. The molecule has 0 aliphatic carbocycles. The molecule has 4 rings (SSSR count). The molecule has 2 aromatic carbocycles. The monoisotopic (exact) mass is 433 g/mol. The number of para-hydroxylation sites is 1. The van der Waals surface area contributed by atoms with Crippen LogP contribution in [0.1, 0.15) is 36.2 Å². The number of aromatic nitrogens is 2. The summed E-state index contributed by atoms with van der Waals surface area (Å²) >= 11 is 1.44. The predicted octanol–water partition coefficient (Wildman–Crippen LogP) is 5.34. The highest BCUT2D eigenvalue weighted by atomic mass is 32.2. The van der Waals surface area contributed by atoms with Gasteiger partial charge in [-0.3, -0.25) is 4.79 Å². The first kappa shape index (κ1) is 21.5. The fourth-order valence-electron chi connectivity index (χ4n) is 3.50. The largest absolute Gasteiger partial charge is 0.370 e. The van der Waals surface area contributed by atoms with E-state index in [2.05, 4.69) is 38.2 Å². The third-order valence-corrected chi connectivity index (χ3v) is 6.34. The number of carbonyl (C=O) groups is 1. The second kappa shape index (κ2) is 8.81. The van der Waals surface area contributed by atoms with Gasteiger partial charge in [0.1, 0.15) is 5.03 Å². The van der Waals surface area contributed by atoms with Crippen molar-refractivity contribution in [1.29, 1.82) is 0 Å². The van der Waals surface area contributed by atoms with Crippen LogP contribution in [0.5, 0.6) is 0 Å². The number of hydrogen-bond acceptors (Lipinski definition) is 5. The van der Waals surface area contributed by atoms with Crippen molar-refractivity contribution in [1.82, 2.24) is 9.97 Å². The zero-order chi connectivity index (χ0) is 22.0. The Balaban J connectivity index is 1.60. The Bertz CT molecular complexity index is 1110. The zero-order valence-corrected chi connectivity index (χ0v) is 19.2. The lowest BCUT2D eigenvalue weighted by molar-refractivity contribution is -0.113. The van der Waals surface area contributed by atoms with Crippen molar-refractivity contribution in [2.75, 3.05) is 11.1 Å². The lowest BCUT2D eigenvalue weighted by Gasteiger charge is -2.32. The van der Waals surface area contributed by atoms with Crippen molar-refractivity contribution in [3.8, 4) is 11.4 Å². The Morgan fingerprint density at radius 2 is 1.84 bits per heavy atom. The van der Waals surface area contributed by atoms with Gasteiger partial charge < -0.3 is 10.1 Å². The van der Waals surface area contributed by atoms with E-state index in [1.165, 1.54) is 17.3 Å². The molecule has 6 heteroatoms. The van der Waals surface area contributed by atoms with Gasteiger partial charge >= 0.3 is 0 Å². The molecule has 0 saturated heterocycles. The van der Waals surface area contributed by atoms with Crippen LogP contribution in [-0.2, 0) is 22.6 Å². The van der Waals surface area contributed by atoms with Gasteiger partial charge in [-0.05, 0) is 39.3 Å². The number of anilines is 1.